The number of carbonyl (C=O) groups is 2. The first-order chi connectivity index (χ1) is 14.4. The molecule has 0 spiro atoms. The Morgan fingerprint density at radius 3 is 2.43 bits per heavy atom. The van der Waals surface area contributed by atoms with Gasteiger partial charge in [0.15, 0.2) is 0 Å². The molecule has 0 bridgehead atoms. The molecule has 156 valence electrons. The number of rotatable bonds is 6. The van der Waals surface area contributed by atoms with Gasteiger partial charge in [0.05, 0.1) is 25.3 Å². The standard InChI is InChI=1S/C23H25N3O4/c1-4-30-23(28)20(24)19-13-14-26(17-9-5-15(2)6-10-17)22(27)21(19)25-16-7-11-18(29-3)12-8-16/h5-12,19,24H,4,13-14H2,1-3H3. The van der Waals surface area contributed by atoms with Crippen molar-refractivity contribution in [1.29, 1.82) is 5.41 Å². The Morgan fingerprint density at radius 1 is 1.17 bits per heavy atom. The van der Waals surface area contributed by atoms with Gasteiger partial charge < -0.3 is 14.4 Å². The number of amides is 1. The molecular weight excluding hydrogens is 382 g/mol. The van der Waals surface area contributed by atoms with E-state index in [-0.39, 0.29) is 23.9 Å². The Kier molecular flexibility index (Phi) is 6.61. The van der Waals surface area contributed by atoms with Crippen LogP contribution in [0.3, 0.4) is 0 Å². The lowest BCUT2D eigenvalue weighted by Crippen LogP contribution is -2.50. The van der Waals surface area contributed by atoms with E-state index in [0.29, 0.717) is 24.4 Å². The summed E-state index contributed by atoms with van der Waals surface area (Å²) in [6.07, 6.45) is 0.409. The van der Waals surface area contributed by atoms with E-state index in [1.165, 1.54) is 0 Å². The third-order valence-corrected chi connectivity index (χ3v) is 4.95. The minimum Gasteiger partial charge on any atom is -0.497 e. The van der Waals surface area contributed by atoms with Crippen molar-refractivity contribution in [2.24, 2.45) is 10.9 Å². The van der Waals surface area contributed by atoms with Gasteiger partial charge in [0, 0.05) is 12.2 Å². The van der Waals surface area contributed by atoms with Crippen LogP contribution in [0.15, 0.2) is 53.5 Å². The summed E-state index contributed by atoms with van der Waals surface area (Å²) in [5, 5.41) is 8.30. The van der Waals surface area contributed by atoms with Gasteiger partial charge in [-0.3, -0.25) is 10.2 Å². The van der Waals surface area contributed by atoms with Crippen molar-refractivity contribution in [3.05, 3.63) is 54.1 Å². The SMILES string of the molecule is CCOC(=O)C(=N)C1CCN(c2ccc(C)cc2)C(=O)C1=Nc1ccc(OC)cc1. The summed E-state index contributed by atoms with van der Waals surface area (Å²) in [5.74, 6) is -1.09. The summed E-state index contributed by atoms with van der Waals surface area (Å²) < 4.78 is 10.1. The Hall–Kier alpha value is -3.48. The average molecular weight is 407 g/mol. The number of hydrogen-bond donors (Lipinski definition) is 1. The maximum Gasteiger partial charge on any atom is 0.352 e. The lowest BCUT2D eigenvalue weighted by molar-refractivity contribution is -0.135. The summed E-state index contributed by atoms with van der Waals surface area (Å²) in [5.41, 5.74) is 2.31. The molecule has 1 unspecified atom stereocenters. The minimum absolute atomic E-state index is 0.157. The van der Waals surface area contributed by atoms with Gasteiger partial charge in [-0.2, -0.15) is 0 Å². The zero-order chi connectivity index (χ0) is 21.7. The quantitative estimate of drug-likeness (QED) is 0.584. The molecule has 1 aliphatic heterocycles. The molecule has 30 heavy (non-hydrogen) atoms. The molecule has 7 heteroatoms. The zero-order valence-corrected chi connectivity index (χ0v) is 17.3. The van der Waals surface area contributed by atoms with Crippen molar-refractivity contribution >= 4 is 34.7 Å². The molecule has 0 radical (unpaired) electrons. The van der Waals surface area contributed by atoms with Gasteiger partial charge in [-0.1, -0.05) is 17.7 Å². The normalized spacial score (nSPS) is 17.7. The fourth-order valence-corrected chi connectivity index (χ4v) is 3.31. The fourth-order valence-electron chi connectivity index (χ4n) is 3.31. The smallest absolute Gasteiger partial charge is 0.352 e. The number of esters is 1. The van der Waals surface area contributed by atoms with Gasteiger partial charge in [0.25, 0.3) is 5.91 Å². The number of nitrogens with one attached hydrogen (secondary N) is 1. The third-order valence-electron chi connectivity index (χ3n) is 4.95. The second-order valence-corrected chi connectivity index (χ2v) is 6.96. The maximum absolute atomic E-state index is 13.4. The summed E-state index contributed by atoms with van der Waals surface area (Å²) in [7, 11) is 1.57. The number of benzene rings is 2. The molecule has 0 saturated carbocycles. The number of hydrogen-bond acceptors (Lipinski definition) is 6. The summed E-state index contributed by atoms with van der Waals surface area (Å²) in [6, 6.07) is 14.6. The van der Waals surface area contributed by atoms with E-state index >= 15 is 0 Å². The van der Waals surface area contributed by atoms with Gasteiger partial charge in [-0.05, 0) is 56.7 Å². The van der Waals surface area contributed by atoms with Gasteiger partial charge in [0.1, 0.15) is 17.2 Å². The Morgan fingerprint density at radius 2 is 1.83 bits per heavy atom. The van der Waals surface area contributed by atoms with Crippen molar-refractivity contribution in [2.75, 3.05) is 25.2 Å². The van der Waals surface area contributed by atoms with Crippen molar-refractivity contribution < 1.29 is 19.1 Å². The van der Waals surface area contributed by atoms with Crippen LogP contribution < -0.4 is 9.64 Å². The topological polar surface area (TPSA) is 92.1 Å². The largest absolute Gasteiger partial charge is 0.497 e. The first kappa shape index (κ1) is 21.2. The molecule has 7 nitrogen and oxygen atoms in total. The summed E-state index contributed by atoms with van der Waals surface area (Å²) in [6.45, 7) is 4.22. The molecule has 1 N–H and O–H groups in total. The van der Waals surface area contributed by atoms with E-state index in [1.54, 1.807) is 43.2 Å². The van der Waals surface area contributed by atoms with Crippen LogP contribution in [0, 0.1) is 18.3 Å². The van der Waals surface area contributed by atoms with E-state index < -0.39 is 11.9 Å². The molecule has 1 amide bonds. The van der Waals surface area contributed by atoms with Gasteiger partial charge in [0.2, 0.25) is 0 Å². The summed E-state index contributed by atoms with van der Waals surface area (Å²) >= 11 is 0. The molecular formula is C23H25N3O4. The second-order valence-electron chi connectivity index (χ2n) is 6.96. The van der Waals surface area contributed by atoms with Crippen LogP contribution in [0.25, 0.3) is 0 Å². The highest BCUT2D eigenvalue weighted by molar-refractivity contribution is 6.53. The fraction of sp³-hybridized carbons (Fsp3) is 0.304. The zero-order valence-electron chi connectivity index (χ0n) is 17.3. The van der Waals surface area contributed by atoms with Crippen LogP contribution in [0.2, 0.25) is 0 Å². The first-order valence-electron chi connectivity index (χ1n) is 9.81. The highest BCUT2D eigenvalue weighted by Crippen LogP contribution is 2.27. The molecule has 1 heterocycles. The van der Waals surface area contributed by atoms with E-state index in [4.69, 9.17) is 14.9 Å². The number of ether oxygens (including phenoxy) is 2. The number of methoxy groups -OCH3 is 1. The van der Waals surface area contributed by atoms with Gasteiger partial charge in [-0.25, -0.2) is 9.79 Å². The van der Waals surface area contributed by atoms with Crippen LogP contribution in [-0.4, -0.2) is 43.6 Å². The first-order valence-corrected chi connectivity index (χ1v) is 9.81. The van der Waals surface area contributed by atoms with Crippen LogP contribution in [-0.2, 0) is 14.3 Å². The Balaban J connectivity index is 1.98. The number of anilines is 1. The minimum atomic E-state index is -0.722. The highest BCUT2D eigenvalue weighted by atomic mass is 16.5. The number of nitrogens with zero attached hydrogens (tertiary/aromatic N) is 2. The van der Waals surface area contributed by atoms with Crippen LogP contribution >= 0.6 is 0 Å². The number of piperidine rings is 1. The number of carbonyl (C=O) groups excluding carboxylic acids is 2. The highest BCUT2D eigenvalue weighted by Gasteiger charge is 2.38. The van der Waals surface area contributed by atoms with E-state index in [9.17, 15) is 9.59 Å². The number of aryl methyl sites for hydroxylation is 1. The van der Waals surface area contributed by atoms with E-state index in [2.05, 4.69) is 4.99 Å². The molecule has 3 rings (SSSR count). The Bertz CT molecular complexity index is 965. The molecule has 2 aromatic rings. The van der Waals surface area contributed by atoms with Crippen molar-refractivity contribution in [3.8, 4) is 5.75 Å². The van der Waals surface area contributed by atoms with Crippen LogP contribution in [0.4, 0.5) is 11.4 Å². The molecule has 1 saturated heterocycles. The molecule has 0 aromatic heterocycles. The van der Waals surface area contributed by atoms with Crippen LogP contribution in [0.5, 0.6) is 5.75 Å². The van der Waals surface area contributed by atoms with Crippen molar-refractivity contribution in [3.63, 3.8) is 0 Å². The van der Waals surface area contributed by atoms with E-state index in [1.807, 2.05) is 31.2 Å². The summed E-state index contributed by atoms with van der Waals surface area (Å²) in [4.78, 5) is 31.7. The lowest BCUT2D eigenvalue weighted by atomic mass is 9.88. The van der Waals surface area contributed by atoms with E-state index in [0.717, 1.165) is 11.3 Å². The monoisotopic (exact) mass is 407 g/mol. The third kappa shape index (κ3) is 4.56. The predicted molar refractivity (Wildman–Crippen MR) is 116 cm³/mol. The van der Waals surface area contributed by atoms with Gasteiger partial charge in [-0.15, -0.1) is 0 Å². The molecule has 0 aliphatic carbocycles. The molecule has 1 fully saturated rings. The lowest BCUT2D eigenvalue weighted by Gasteiger charge is -2.32. The van der Waals surface area contributed by atoms with Gasteiger partial charge >= 0.3 is 5.97 Å². The average Bonchev–Trinajstić information content (AvgIpc) is 2.76. The molecule has 1 aliphatic rings. The second kappa shape index (κ2) is 9.35. The molecule has 1 atom stereocenters. The number of aliphatic imine (C=N–C) groups is 1. The van der Waals surface area contributed by atoms with Crippen molar-refractivity contribution in [2.45, 2.75) is 20.3 Å². The molecule has 2 aromatic carbocycles. The van der Waals surface area contributed by atoms with Crippen LogP contribution in [0.1, 0.15) is 18.9 Å². The Labute approximate surface area is 175 Å². The maximum atomic E-state index is 13.4. The predicted octanol–water partition coefficient (Wildman–Crippen LogP) is 3.71. The van der Waals surface area contributed by atoms with Crippen molar-refractivity contribution in [1.82, 2.24) is 0 Å².